The van der Waals surface area contributed by atoms with Gasteiger partial charge in [-0.3, -0.25) is 9.69 Å². The molecule has 4 heteroatoms. The second-order valence-corrected chi connectivity index (χ2v) is 5.54. The molecule has 0 aliphatic rings. The Balaban J connectivity index is 2.66. The Morgan fingerprint density at radius 3 is 2.58 bits per heavy atom. The largest absolute Gasteiger partial charge is 0.383 e. The lowest BCUT2D eigenvalue weighted by Crippen LogP contribution is -2.35. The maximum Gasteiger partial charge on any atom is 0.178 e. The Kier molecular flexibility index (Phi) is 6.25. The third-order valence-electron chi connectivity index (χ3n) is 3.05. The minimum absolute atomic E-state index is 0.179. The number of hydrogen-bond acceptors (Lipinski definition) is 3. The van der Waals surface area contributed by atoms with Crippen LogP contribution in [-0.4, -0.2) is 49.0 Å². The third-order valence-corrected chi connectivity index (χ3v) is 3.05. The van der Waals surface area contributed by atoms with Crippen LogP contribution in [0.15, 0.2) is 6.07 Å². The Bertz CT molecular complexity index is 410. The summed E-state index contributed by atoms with van der Waals surface area (Å²) in [6, 6.07) is 1.93. The summed E-state index contributed by atoms with van der Waals surface area (Å²) in [5.41, 5.74) is 2.80. The molecule has 1 heterocycles. The van der Waals surface area contributed by atoms with Gasteiger partial charge in [-0.15, -0.1) is 0 Å². The molecule has 0 fully saturated rings. The molecule has 1 aromatic rings. The first kappa shape index (κ1) is 15.9. The summed E-state index contributed by atoms with van der Waals surface area (Å²) >= 11 is 0. The minimum atomic E-state index is 0.179. The van der Waals surface area contributed by atoms with E-state index in [2.05, 4.69) is 23.7 Å². The summed E-state index contributed by atoms with van der Waals surface area (Å²) in [4.78, 5) is 17.7. The molecule has 0 unspecified atom stereocenters. The summed E-state index contributed by atoms with van der Waals surface area (Å²) in [7, 11) is 1.69. The fourth-order valence-corrected chi connectivity index (χ4v) is 2.27. The maximum atomic E-state index is 12.3. The zero-order chi connectivity index (χ0) is 14.4. The smallest absolute Gasteiger partial charge is 0.178 e. The number of aryl methyl sites for hydroxylation is 2. The zero-order valence-corrected chi connectivity index (χ0v) is 12.7. The van der Waals surface area contributed by atoms with Crippen LogP contribution in [0.5, 0.6) is 0 Å². The van der Waals surface area contributed by atoms with E-state index in [-0.39, 0.29) is 5.78 Å². The number of hydrogen-bond donors (Lipinski definition) is 1. The highest BCUT2D eigenvalue weighted by Crippen LogP contribution is 2.11. The van der Waals surface area contributed by atoms with Crippen molar-refractivity contribution in [1.82, 2.24) is 9.88 Å². The Morgan fingerprint density at radius 1 is 1.42 bits per heavy atom. The van der Waals surface area contributed by atoms with Crippen molar-refractivity contribution in [1.29, 1.82) is 0 Å². The first-order chi connectivity index (χ1) is 8.93. The first-order valence-electron chi connectivity index (χ1n) is 6.84. The third kappa shape index (κ3) is 5.17. The van der Waals surface area contributed by atoms with E-state index >= 15 is 0 Å². The van der Waals surface area contributed by atoms with Crippen molar-refractivity contribution in [3.05, 3.63) is 23.0 Å². The highest BCUT2D eigenvalue weighted by Gasteiger charge is 2.16. The number of nitrogens with one attached hydrogen (secondary N) is 1. The molecule has 1 rings (SSSR count). The number of carbonyl (C=O) groups is 1. The van der Waals surface area contributed by atoms with Gasteiger partial charge in [0.25, 0.3) is 0 Å². The fourth-order valence-electron chi connectivity index (χ4n) is 2.27. The number of carbonyl (C=O) groups excluding carboxylic acids is 1. The monoisotopic (exact) mass is 266 g/mol. The molecule has 0 radical (unpaired) electrons. The van der Waals surface area contributed by atoms with Crippen LogP contribution < -0.4 is 0 Å². The molecule has 0 spiro atoms. The number of ether oxygens (including phenoxy) is 1. The van der Waals surface area contributed by atoms with Crippen LogP contribution in [0, 0.1) is 19.8 Å². The number of aromatic nitrogens is 1. The van der Waals surface area contributed by atoms with Crippen LogP contribution in [0.25, 0.3) is 0 Å². The number of rotatable bonds is 8. The summed E-state index contributed by atoms with van der Waals surface area (Å²) in [5, 5.41) is 0. The number of Topliss-reactive ketones (excluding diaryl/α,β-unsaturated/α-hetero) is 1. The molecule has 1 aromatic heterocycles. The van der Waals surface area contributed by atoms with Crippen LogP contribution in [0.2, 0.25) is 0 Å². The van der Waals surface area contributed by atoms with Gasteiger partial charge in [0.2, 0.25) is 0 Å². The maximum absolute atomic E-state index is 12.3. The molecule has 0 aliphatic carbocycles. The van der Waals surface area contributed by atoms with Crippen LogP contribution in [0.1, 0.15) is 35.6 Å². The van der Waals surface area contributed by atoms with E-state index in [1.807, 2.05) is 19.9 Å². The predicted octanol–water partition coefficient (Wildman–Crippen LogP) is 2.42. The van der Waals surface area contributed by atoms with Gasteiger partial charge in [0.1, 0.15) is 0 Å². The molecule has 4 nitrogen and oxygen atoms in total. The highest BCUT2D eigenvalue weighted by atomic mass is 16.5. The SMILES string of the molecule is COCCN(CC(=O)c1cc(C)[nH]c1C)CC(C)C. The molecule has 0 aromatic carbocycles. The average Bonchev–Trinajstić information content (AvgIpc) is 2.64. The van der Waals surface area contributed by atoms with Crippen molar-refractivity contribution < 1.29 is 9.53 Å². The highest BCUT2D eigenvalue weighted by molar-refractivity contribution is 5.98. The van der Waals surface area contributed by atoms with Gasteiger partial charge in [0, 0.05) is 37.2 Å². The lowest BCUT2D eigenvalue weighted by atomic mass is 10.1. The number of methoxy groups -OCH3 is 1. The van der Waals surface area contributed by atoms with E-state index in [0.29, 0.717) is 19.1 Å². The van der Waals surface area contributed by atoms with E-state index in [1.54, 1.807) is 7.11 Å². The van der Waals surface area contributed by atoms with Crippen LogP contribution in [-0.2, 0) is 4.74 Å². The topological polar surface area (TPSA) is 45.3 Å². The molecule has 0 aliphatic heterocycles. The second-order valence-electron chi connectivity index (χ2n) is 5.54. The van der Waals surface area contributed by atoms with E-state index in [4.69, 9.17) is 4.74 Å². The van der Waals surface area contributed by atoms with Gasteiger partial charge in [-0.25, -0.2) is 0 Å². The molecule has 108 valence electrons. The van der Waals surface area contributed by atoms with Gasteiger partial charge in [-0.2, -0.15) is 0 Å². The fraction of sp³-hybridized carbons (Fsp3) is 0.667. The molecule has 1 N–H and O–H groups in total. The van der Waals surface area contributed by atoms with Gasteiger partial charge in [-0.05, 0) is 25.8 Å². The molecule has 0 saturated carbocycles. The summed E-state index contributed by atoms with van der Waals surface area (Å²) in [5.74, 6) is 0.720. The minimum Gasteiger partial charge on any atom is -0.383 e. The quantitative estimate of drug-likeness (QED) is 0.735. The lowest BCUT2D eigenvalue weighted by Gasteiger charge is -2.23. The van der Waals surface area contributed by atoms with Crippen molar-refractivity contribution in [3.8, 4) is 0 Å². The number of ketones is 1. The van der Waals surface area contributed by atoms with Crippen molar-refractivity contribution >= 4 is 5.78 Å². The van der Waals surface area contributed by atoms with E-state index in [9.17, 15) is 4.79 Å². The van der Waals surface area contributed by atoms with Crippen molar-refractivity contribution in [2.24, 2.45) is 5.92 Å². The molecule has 0 amide bonds. The Labute approximate surface area is 116 Å². The molecule has 19 heavy (non-hydrogen) atoms. The molecule has 0 saturated heterocycles. The van der Waals surface area contributed by atoms with Gasteiger partial charge >= 0.3 is 0 Å². The number of nitrogens with zero attached hydrogens (tertiary/aromatic N) is 1. The van der Waals surface area contributed by atoms with Gasteiger partial charge in [0.15, 0.2) is 5.78 Å². The van der Waals surface area contributed by atoms with Gasteiger partial charge < -0.3 is 9.72 Å². The second kappa shape index (κ2) is 7.46. The van der Waals surface area contributed by atoms with Crippen LogP contribution in [0.4, 0.5) is 0 Å². The summed E-state index contributed by atoms with van der Waals surface area (Å²) in [6.45, 7) is 11.1. The molecule has 0 atom stereocenters. The van der Waals surface area contributed by atoms with Crippen molar-refractivity contribution in [3.63, 3.8) is 0 Å². The Morgan fingerprint density at radius 2 is 2.11 bits per heavy atom. The standard InChI is InChI=1S/C15H26N2O2/c1-11(2)9-17(6-7-19-5)10-15(18)14-8-12(3)16-13(14)4/h8,11,16H,6-7,9-10H2,1-5H3. The van der Waals surface area contributed by atoms with Crippen LogP contribution in [0.3, 0.4) is 0 Å². The number of aromatic amines is 1. The number of H-pyrrole nitrogens is 1. The van der Waals surface area contributed by atoms with E-state index in [1.165, 1.54) is 0 Å². The molecule has 0 bridgehead atoms. The average molecular weight is 266 g/mol. The predicted molar refractivity (Wildman–Crippen MR) is 77.8 cm³/mol. The summed E-state index contributed by atoms with van der Waals surface area (Å²) < 4.78 is 5.11. The Hall–Kier alpha value is -1.13. The van der Waals surface area contributed by atoms with Gasteiger partial charge in [0.05, 0.1) is 13.2 Å². The van der Waals surface area contributed by atoms with Gasteiger partial charge in [-0.1, -0.05) is 13.8 Å². The van der Waals surface area contributed by atoms with E-state index < -0.39 is 0 Å². The van der Waals surface area contributed by atoms with Crippen LogP contribution >= 0.6 is 0 Å². The van der Waals surface area contributed by atoms with E-state index in [0.717, 1.165) is 30.0 Å². The molecular weight excluding hydrogens is 240 g/mol. The van der Waals surface area contributed by atoms with Crippen molar-refractivity contribution in [2.75, 3.05) is 33.4 Å². The lowest BCUT2D eigenvalue weighted by molar-refractivity contribution is 0.0881. The zero-order valence-electron chi connectivity index (χ0n) is 12.7. The normalized spacial score (nSPS) is 11.5. The van der Waals surface area contributed by atoms with Crippen molar-refractivity contribution in [2.45, 2.75) is 27.7 Å². The molecular formula is C15H26N2O2. The summed E-state index contributed by atoms with van der Waals surface area (Å²) in [6.07, 6.45) is 0. The first-order valence-corrected chi connectivity index (χ1v) is 6.84.